The number of hydrogen-bond donors (Lipinski definition) is 1. The highest BCUT2D eigenvalue weighted by atomic mass is 32.2. The summed E-state index contributed by atoms with van der Waals surface area (Å²) in [5.74, 6) is -0.725. The van der Waals surface area contributed by atoms with Crippen LogP contribution in [0.4, 0.5) is 5.69 Å². The maximum absolute atomic E-state index is 12.9. The van der Waals surface area contributed by atoms with E-state index in [0.717, 1.165) is 11.1 Å². The van der Waals surface area contributed by atoms with Crippen LogP contribution in [0.2, 0.25) is 0 Å². The van der Waals surface area contributed by atoms with E-state index in [0.29, 0.717) is 11.3 Å². The SMILES string of the molecule is CC(C)c1cccc(C(C)C)c1N(Cc1cccc2c1C(=O)NC2=O)S(C)(=O)=O. The van der Waals surface area contributed by atoms with Gasteiger partial charge in [-0.3, -0.25) is 19.2 Å². The van der Waals surface area contributed by atoms with Crippen molar-refractivity contribution in [2.45, 2.75) is 46.1 Å². The van der Waals surface area contributed by atoms with E-state index in [1.54, 1.807) is 18.2 Å². The van der Waals surface area contributed by atoms with E-state index in [2.05, 4.69) is 5.32 Å². The number of anilines is 1. The third-order valence-electron chi connectivity index (χ3n) is 5.16. The van der Waals surface area contributed by atoms with Gasteiger partial charge in [0.2, 0.25) is 10.0 Å². The molecule has 2 aromatic rings. The number of para-hydroxylation sites is 1. The Morgan fingerprint density at radius 1 is 0.897 bits per heavy atom. The highest BCUT2D eigenvalue weighted by molar-refractivity contribution is 7.92. The number of benzene rings is 2. The lowest BCUT2D eigenvalue weighted by Gasteiger charge is -2.30. The summed E-state index contributed by atoms with van der Waals surface area (Å²) >= 11 is 0. The second-order valence-electron chi connectivity index (χ2n) is 7.99. The van der Waals surface area contributed by atoms with Crippen molar-refractivity contribution in [3.63, 3.8) is 0 Å². The molecule has 6 nitrogen and oxygen atoms in total. The molecule has 0 saturated carbocycles. The number of rotatable bonds is 6. The van der Waals surface area contributed by atoms with Crippen LogP contribution in [0.15, 0.2) is 36.4 Å². The molecule has 0 radical (unpaired) electrons. The summed E-state index contributed by atoms with van der Waals surface area (Å²) in [5.41, 5.74) is 3.54. The van der Waals surface area contributed by atoms with Crippen molar-refractivity contribution in [1.29, 1.82) is 0 Å². The zero-order chi connectivity index (χ0) is 21.5. The third kappa shape index (κ3) is 3.92. The number of hydrogen-bond acceptors (Lipinski definition) is 4. The minimum atomic E-state index is -3.66. The smallest absolute Gasteiger partial charge is 0.259 e. The number of sulfonamides is 1. The number of amides is 2. The first-order chi connectivity index (χ1) is 13.5. The Labute approximate surface area is 172 Å². The molecular formula is C22H26N2O4S. The Bertz CT molecular complexity index is 1060. The molecule has 1 heterocycles. The highest BCUT2D eigenvalue weighted by Crippen LogP contribution is 2.38. The summed E-state index contributed by atoms with van der Waals surface area (Å²) in [5, 5.41) is 2.29. The largest absolute Gasteiger partial charge is 0.288 e. The molecule has 0 bridgehead atoms. The normalized spacial score (nSPS) is 13.8. The lowest BCUT2D eigenvalue weighted by Crippen LogP contribution is -2.32. The van der Waals surface area contributed by atoms with Gasteiger partial charge in [-0.1, -0.05) is 58.0 Å². The number of carbonyl (C=O) groups excluding carboxylic acids is 2. The van der Waals surface area contributed by atoms with Gasteiger partial charge in [0.1, 0.15) is 0 Å². The second kappa shape index (κ2) is 7.63. The van der Waals surface area contributed by atoms with Crippen molar-refractivity contribution in [2.24, 2.45) is 0 Å². The average molecular weight is 415 g/mol. The summed E-state index contributed by atoms with van der Waals surface area (Å²) in [6.45, 7) is 8.07. The van der Waals surface area contributed by atoms with E-state index in [4.69, 9.17) is 0 Å². The molecule has 0 atom stereocenters. The van der Waals surface area contributed by atoms with Gasteiger partial charge in [-0.15, -0.1) is 0 Å². The monoisotopic (exact) mass is 414 g/mol. The van der Waals surface area contributed by atoms with E-state index in [1.807, 2.05) is 45.9 Å². The van der Waals surface area contributed by atoms with Crippen molar-refractivity contribution in [2.75, 3.05) is 10.6 Å². The molecule has 0 saturated heterocycles. The van der Waals surface area contributed by atoms with Crippen molar-refractivity contribution >= 4 is 27.5 Å². The standard InChI is InChI=1S/C22H26N2O4S/c1-13(2)16-9-7-10-17(14(3)4)20(16)24(29(5,27)28)12-15-8-6-11-18-19(15)22(26)23-21(18)25/h6-11,13-14H,12H2,1-5H3,(H,23,25,26). The molecular weight excluding hydrogens is 388 g/mol. The zero-order valence-electron chi connectivity index (χ0n) is 17.3. The minimum absolute atomic E-state index is 0.0217. The van der Waals surface area contributed by atoms with Crippen LogP contribution in [-0.2, 0) is 16.6 Å². The van der Waals surface area contributed by atoms with Gasteiger partial charge in [-0.05, 0) is 34.6 Å². The molecule has 2 aromatic carbocycles. The molecule has 0 unspecified atom stereocenters. The number of carbonyl (C=O) groups is 2. The number of fused-ring (bicyclic) bond motifs is 1. The number of nitrogens with one attached hydrogen (secondary N) is 1. The summed E-state index contributed by atoms with van der Waals surface area (Å²) < 4.78 is 27.1. The average Bonchev–Trinajstić information content (AvgIpc) is 2.92. The van der Waals surface area contributed by atoms with Crippen LogP contribution in [-0.4, -0.2) is 26.5 Å². The van der Waals surface area contributed by atoms with E-state index in [-0.39, 0.29) is 29.5 Å². The Kier molecular flexibility index (Phi) is 5.54. The van der Waals surface area contributed by atoms with Gasteiger partial charge < -0.3 is 0 Å². The lowest BCUT2D eigenvalue weighted by atomic mass is 9.92. The predicted molar refractivity (Wildman–Crippen MR) is 114 cm³/mol. The van der Waals surface area contributed by atoms with Crippen LogP contribution in [0.25, 0.3) is 0 Å². The molecule has 1 aliphatic heterocycles. The molecule has 0 spiro atoms. The van der Waals surface area contributed by atoms with Crippen molar-refractivity contribution in [3.8, 4) is 0 Å². The molecule has 0 aliphatic carbocycles. The fourth-order valence-electron chi connectivity index (χ4n) is 3.74. The fraction of sp³-hybridized carbons (Fsp3) is 0.364. The van der Waals surface area contributed by atoms with Crippen molar-refractivity contribution in [1.82, 2.24) is 5.32 Å². The van der Waals surface area contributed by atoms with E-state index < -0.39 is 21.8 Å². The van der Waals surface area contributed by atoms with E-state index in [1.165, 1.54) is 10.6 Å². The Balaban J connectivity index is 2.22. The molecule has 3 rings (SSSR count). The van der Waals surface area contributed by atoms with Crippen molar-refractivity contribution in [3.05, 3.63) is 64.2 Å². The third-order valence-corrected chi connectivity index (χ3v) is 6.27. The molecule has 0 fully saturated rings. The molecule has 29 heavy (non-hydrogen) atoms. The maximum atomic E-state index is 12.9. The van der Waals surface area contributed by atoms with Gasteiger partial charge in [-0.25, -0.2) is 8.42 Å². The molecule has 0 aromatic heterocycles. The maximum Gasteiger partial charge on any atom is 0.259 e. The van der Waals surface area contributed by atoms with Crippen LogP contribution in [0.1, 0.15) is 76.9 Å². The topological polar surface area (TPSA) is 83.6 Å². The minimum Gasteiger partial charge on any atom is -0.288 e. The fourth-order valence-corrected chi connectivity index (χ4v) is 4.65. The van der Waals surface area contributed by atoms with Crippen molar-refractivity contribution < 1.29 is 18.0 Å². The Morgan fingerprint density at radius 3 is 1.97 bits per heavy atom. The van der Waals surface area contributed by atoms with Crippen LogP contribution < -0.4 is 9.62 Å². The van der Waals surface area contributed by atoms with Gasteiger partial charge in [0, 0.05) is 0 Å². The van der Waals surface area contributed by atoms with Gasteiger partial charge in [0.25, 0.3) is 11.8 Å². The van der Waals surface area contributed by atoms with Gasteiger partial charge in [0.15, 0.2) is 0 Å². The van der Waals surface area contributed by atoms with Gasteiger partial charge in [0.05, 0.1) is 29.6 Å². The lowest BCUT2D eigenvalue weighted by molar-refractivity contribution is 0.0879. The first-order valence-corrected chi connectivity index (χ1v) is 11.4. The Morgan fingerprint density at radius 2 is 1.45 bits per heavy atom. The van der Waals surface area contributed by atoms with E-state index >= 15 is 0 Å². The number of imide groups is 1. The van der Waals surface area contributed by atoms with Gasteiger partial charge in [-0.2, -0.15) is 0 Å². The zero-order valence-corrected chi connectivity index (χ0v) is 18.1. The summed E-state index contributed by atoms with van der Waals surface area (Å²) in [4.78, 5) is 24.3. The molecule has 1 aliphatic rings. The van der Waals surface area contributed by atoms with Crippen LogP contribution in [0, 0.1) is 0 Å². The van der Waals surface area contributed by atoms with E-state index in [9.17, 15) is 18.0 Å². The first kappa shape index (κ1) is 21.0. The molecule has 1 N–H and O–H groups in total. The van der Waals surface area contributed by atoms with Crippen LogP contribution in [0.3, 0.4) is 0 Å². The molecule has 154 valence electrons. The predicted octanol–water partition coefficient (Wildman–Crippen LogP) is 3.78. The molecule has 2 amide bonds. The highest BCUT2D eigenvalue weighted by Gasteiger charge is 2.32. The van der Waals surface area contributed by atoms with Gasteiger partial charge >= 0.3 is 0 Å². The second-order valence-corrected chi connectivity index (χ2v) is 9.89. The summed E-state index contributed by atoms with van der Waals surface area (Å²) in [6, 6.07) is 10.8. The first-order valence-electron chi connectivity index (χ1n) is 9.60. The summed E-state index contributed by atoms with van der Waals surface area (Å²) in [7, 11) is -3.66. The Hall–Kier alpha value is -2.67. The molecule has 7 heteroatoms. The summed E-state index contributed by atoms with van der Waals surface area (Å²) in [6.07, 6.45) is 1.17. The van der Waals surface area contributed by atoms with Crippen LogP contribution in [0.5, 0.6) is 0 Å². The number of nitrogens with zero attached hydrogens (tertiary/aromatic N) is 1. The quantitative estimate of drug-likeness (QED) is 0.729. The van der Waals surface area contributed by atoms with Crippen LogP contribution >= 0.6 is 0 Å².